The fourth-order valence-electron chi connectivity index (χ4n) is 6.39. The second-order valence-corrected chi connectivity index (χ2v) is 12.0. The average molecular weight is 568 g/mol. The number of fused-ring (bicyclic) bond motifs is 2. The number of nitrogens with zero attached hydrogens (tertiary/aromatic N) is 3. The molecule has 1 amide bonds. The number of carbonyl (C=O) groups is 1. The second-order valence-electron chi connectivity index (χ2n) is 12.0. The van der Waals surface area contributed by atoms with Crippen LogP contribution in [0.25, 0.3) is 11.0 Å². The largest absolute Gasteiger partial charge is 0.487 e. The molecule has 3 aromatic carbocycles. The van der Waals surface area contributed by atoms with E-state index in [0.717, 1.165) is 53.6 Å². The number of amides is 1. The first-order valence-corrected chi connectivity index (χ1v) is 15.3. The SMILES string of the molecule is CCc1ccc2c(c1)[C@@H](NC[C@@H](O)[C@H](Cc1ccccc1)NC(=O)C[C@@H](C)n1nnc3ccccc31)CC1(CCC1)O2. The first-order chi connectivity index (χ1) is 20.4. The van der Waals surface area contributed by atoms with E-state index in [1.54, 1.807) is 4.68 Å². The van der Waals surface area contributed by atoms with E-state index in [1.807, 2.05) is 61.5 Å². The molecule has 4 aromatic rings. The van der Waals surface area contributed by atoms with Crippen molar-refractivity contribution in [1.29, 1.82) is 0 Å². The first-order valence-electron chi connectivity index (χ1n) is 15.3. The predicted octanol–water partition coefficient (Wildman–Crippen LogP) is 5.07. The summed E-state index contributed by atoms with van der Waals surface area (Å²) in [5, 5.41) is 26.9. The Morgan fingerprint density at radius 3 is 2.64 bits per heavy atom. The highest BCUT2D eigenvalue weighted by molar-refractivity contribution is 5.78. The van der Waals surface area contributed by atoms with E-state index in [2.05, 4.69) is 46.1 Å². The number of ether oxygens (including phenoxy) is 1. The normalized spacial score (nSPS) is 19.4. The third-order valence-electron chi connectivity index (χ3n) is 8.98. The molecular weight excluding hydrogens is 526 g/mol. The molecule has 1 aliphatic heterocycles. The van der Waals surface area contributed by atoms with Crippen molar-refractivity contribution in [1.82, 2.24) is 25.6 Å². The van der Waals surface area contributed by atoms with Crippen LogP contribution in [0.2, 0.25) is 0 Å². The van der Waals surface area contributed by atoms with Gasteiger partial charge in [-0.05, 0) is 68.4 Å². The van der Waals surface area contributed by atoms with Gasteiger partial charge in [-0.25, -0.2) is 4.68 Å². The molecule has 1 fully saturated rings. The summed E-state index contributed by atoms with van der Waals surface area (Å²) < 4.78 is 8.29. The summed E-state index contributed by atoms with van der Waals surface area (Å²) >= 11 is 0. The van der Waals surface area contributed by atoms with E-state index in [0.29, 0.717) is 13.0 Å². The van der Waals surface area contributed by atoms with E-state index in [-0.39, 0.29) is 30.0 Å². The van der Waals surface area contributed by atoms with Crippen LogP contribution in [-0.4, -0.2) is 50.3 Å². The molecule has 220 valence electrons. The number of benzene rings is 3. The summed E-state index contributed by atoms with van der Waals surface area (Å²) in [6, 6.07) is 23.7. The average Bonchev–Trinajstić information content (AvgIpc) is 3.43. The van der Waals surface area contributed by atoms with Crippen LogP contribution in [0.4, 0.5) is 0 Å². The molecule has 0 unspecified atom stereocenters. The van der Waals surface area contributed by atoms with Gasteiger partial charge in [0.1, 0.15) is 16.9 Å². The van der Waals surface area contributed by atoms with Crippen molar-refractivity contribution in [3.63, 3.8) is 0 Å². The van der Waals surface area contributed by atoms with Crippen LogP contribution < -0.4 is 15.4 Å². The number of aryl methyl sites for hydroxylation is 1. The highest BCUT2D eigenvalue weighted by atomic mass is 16.5. The molecule has 0 bridgehead atoms. The molecule has 8 heteroatoms. The second kappa shape index (κ2) is 12.2. The highest BCUT2D eigenvalue weighted by Gasteiger charge is 2.45. The van der Waals surface area contributed by atoms with Gasteiger partial charge in [-0.3, -0.25) is 4.79 Å². The predicted molar refractivity (Wildman–Crippen MR) is 163 cm³/mol. The van der Waals surface area contributed by atoms with Gasteiger partial charge in [0.2, 0.25) is 5.91 Å². The van der Waals surface area contributed by atoms with Crippen LogP contribution in [-0.2, 0) is 17.6 Å². The van der Waals surface area contributed by atoms with Gasteiger partial charge >= 0.3 is 0 Å². The standard InChI is InChI=1S/C34H41N5O3/c1-3-24-14-15-32-26(19-24)29(21-34(42-32)16-9-17-34)35-22-31(40)28(20-25-10-5-4-6-11-25)36-33(41)18-23(2)39-30-13-8-7-12-27(30)37-38-39/h4-8,10-15,19,23,28-29,31,35,40H,3,9,16-18,20-22H2,1-2H3,(H,36,41)/t23-,28+,29+,31-/m1/s1. The van der Waals surface area contributed by atoms with Crippen molar-refractivity contribution in [3.8, 4) is 5.75 Å². The van der Waals surface area contributed by atoms with Gasteiger partial charge in [0.15, 0.2) is 0 Å². The lowest BCUT2D eigenvalue weighted by Gasteiger charge is -2.48. The quantitative estimate of drug-likeness (QED) is 0.234. The van der Waals surface area contributed by atoms with Gasteiger partial charge in [-0.1, -0.05) is 66.7 Å². The smallest absolute Gasteiger partial charge is 0.222 e. The Labute approximate surface area is 247 Å². The number of carbonyl (C=O) groups excluding carboxylic acids is 1. The number of hydrogen-bond donors (Lipinski definition) is 3. The molecule has 42 heavy (non-hydrogen) atoms. The summed E-state index contributed by atoms with van der Waals surface area (Å²) in [6.45, 7) is 4.49. The maximum Gasteiger partial charge on any atom is 0.222 e. The van der Waals surface area contributed by atoms with Crippen LogP contribution in [0.5, 0.6) is 5.75 Å². The van der Waals surface area contributed by atoms with Crippen molar-refractivity contribution < 1.29 is 14.6 Å². The molecule has 0 saturated heterocycles. The van der Waals surface area contributed by atoms with Crippen molar-refractivity contribution >= 4 is 16.9 Å². The van der Waals surface area contributed by atoms with Crippen LogP contribution in [0.3, 0.4) is 0 Å². The lowest BCUT2D eigenvalue weighted by atomic mass is 9.72. The Morgan fingerprint density at radius 1 is 1.10 bits per heavy atom. The number of aliphatic hydroxyl groups is 1. The molecule has 1 aromatic heterocycles. The number of para-hydroxylation sites is 1. The number of aromatic nitrogens is 3. The molecule has 6 rings (SSSR count). The van der Waals surface area contributed by atoms with Crippen LogP contribution in [0.15, 0.2) is 72.8 Å². The molecule has 1 aliphatic carbocycles. The third kappa shape index (κ3) is 6.05. The zero-order valence-electron chi connectivity index (χ0n) is 24.5. The van der Waals surface area contributed by atoms with Crippen LogP contribution >= 0.6 is 0 Å². The summed E-state index contributed by atoms with van der Waals surface area (Å²) in [4.78, 5) is 13.3. The Morgan fingerprint density at radius 2 is 1.88 bits per heavy atom. The van der Waals surface area contributed by atoms with Crippen molar-refractivity contribution in [2.24, 2.45) is 0 Å². The zero-order chi connectivity index (χ0) is 29.1. The number of nitrogens with one attached hydrogen (secondary N) is 2. The summed E-state index contributed by atoms with van der Waals surface area (Å²) in [6.07, 6.45) is 5.14. The minimum Gasteiger partial charge on any atom is -0.487 e. The lowest BCUT2D eigenvalue weighted by molar-refractivity contribution is -0.123. The first kappa shape index (κ1) is 28.4. The monoisotopic (exact) mass is 567 g/mol. The molecule has 1 spiro atoms. The molecule has 3 N–H and O–H groups in total. The van der Waals surface area contributed by atoms with Crippen molar-refractivity contribution in [2.45, 2.75) is 88.6 Å². The molecule has 1 saturated carbocycles. The van der Waals surface area contributed by atoms with Crippen LogP contribution in [0.1, 0.15) is 74.7 Å². The van der Waals surface area contributed by atoms with E-state index in [9.17, 15) is 9.90 Å². The molecule has 4 atom stereocenters. The van der Waals surface area contributed by atoms with E-state index in [1.165, 1.54) is 12.0 Å². The van der Waals surface area contributed by atoms with Crippen molar-refractivity contribution in [2.75, 3.05) is 6.54 Å². The minimum atomic E-state index is -0.783. The molecule has 8 nitrogen and oxygen atoms in total. The van der Waals surface area contributed by atoms with E-state index >= 15 is 0 Å². The third-order valence-corrected chi connectivity index (χ3v) is 8.98. The summed E-state index contributed by atoms with van der Waals surface area (Å²) in [7, 11) is 0. The van der Waals surface area contributed by atoms with E-state index < -0.39 is 12.1 Å². The van der Waals surface area contributed by atoms with Gasteiger partial charge in [0.25, 0.3) is 0 Å². The van der Waals surface area contributed by atoms with Gasteiger partial charge in [0.05, 0.1) is 23.7 Å². The molecule has 0 radical (unpaired) electrons. The lowest BCUT2D eigenvalue weighted by Crippen LogP contribution is -2.52. The number of hydrogen-bond acceptors (Lipinski definition) is 6. The summed E-state index contributed by atoms with van der Waals surface area (Å²) in [5.74, 6) is 0.827. The fourth-order valence-corrected chi connectivity index (χ4v) is 6.39. The number of rotatable bonds is 11. The van der Waals surface area contributed by atoms with Crippen LogP contribution in [0, 0.1) is 0 Å². The topological polar surface area (TPSA) is 101 Å². The Kier molecular flexibility index (Phi) is 8.27. The Hall–Kier alpha value is -3.75. The zero-order valence-corrected chi connectivity index (χ0v) is 24.5. The Bertz CT molecular complexity index is 1520. The molecule has 2 heterocycles. The minimum absolute atomic E-state index is 0.0869. The Balaban J connectivity index is 1.15. The fraction of sp³-hybridized carbons (Fsp3) is 0.441. The van der Waals surface area contributed by atoms with Gasteiger partial charge < -0.3 is 20.5 Å². The van der Waals surface area contributed by atoms with Gasteiger partial charge in [-0.2, -0.15) is 0 Å². The van der Waals surface area contributed by atoms with E-state index in [4.69, 9.17) is 4.74 Å². The van der Waals surface area contributed by atoms with Gasteiger partial charge in [-0.15, -0.1) is 5.10 Å². The summed E-state index contributed by atoms with van der Waals surface area (Å²) in [5.41, 5.74) is 5.10. The highest BCUT2D eigenvalue weighted by Crippen LogP contribution is 2.49. The maximum absolute atomic E-state index is 13.3. The van der Waals surface area contributed by atoms with Gasteiger partial charge in [0, 0.05) is 31.0 Å². The maximum atomic E-state index is 13.3. The van der Waals surface area contributed by atoms with Crippen molar-refractivity contribution in [3.05, 3.63) is 89.5 Å². The molecular formula is C34H41N5O3. The number of aliphatic hydroxyl groups excluding tert-OH is 1. The molecule has 2 aliphatic rings.